The number of rotatable bonds is 8. The smallest absolute Gasteiger partial charge is 0.318 e. The van der Waals surface area contributed by atoms with E-state index in [0.717, 1.165) is 15.5 Å². The Morgan fingerprint density at radius 1 is 1.20 bits per heavy atom. The highest BCUT2D eigenvalue weighted by Gasteiger charge is 2.42. The second-order valence-electron chi connectivity index (χ2n) is 8.83. The van der Waals surface area contributed by atoms with E-state index >= 15 is 0 Å². The van der Waals surface area contributed by atoms with Crippen molar-refractivity contribution in [2.24, 2.45) is 0 Å². The monoisotopic (exact) mass is 589 g/mol. The van der Waals surface area contributed by atoms with Crippen molar-refractivity contribution in [3.63, 3.8) is 0 Å². The van der Waals surface area contributed by atoms with Crippen molar-refractivity contribution in [2.45, 2.75) is 18.9 Å². The SMILES string of the molecule is CNc1cc(C(COC)N2CC(F)(F)CNC2=O)ccn1.Cc1ccccc1Cl.O=CCNC(=O)c1ccccc1. The first kappa shape index (κ1) is 33.1. The van der Waals surface area contributed by atoms with Crippen LogP contribution in [-0.4, -0.2) is 74.4 Å². The summed E-state index contributed by atoms with van der Waals surface area (Å²) in [5, 5.41) is 8.37. The summed E-state index contributed by atoms with van der Waals surface area (Å²) in [5.41, 5.74) is 2.39. The largest absolute Gasteiger partial charge is 0.382 e. The molecule has 0 spiro atoms. The van der Waals surface area contributed by atoms with E-state index in [0.29, 0.717) is 23.2 Å². The Kier molecular flexibility index (Phi) is 13.6. The molecule has 1 unspecified atom stereocenters. The average molecular weight is 590 g/mol. The maximum atomic E-state index is 13.6. The minimum Gasteiger partial charge on any atom is -0.382 e. The van der Waals surface area contributed by atoms with Gasteiger partial charge in [-0.05, 0) is 48.4 Å². The van der Waals surface area contributed by atoms with E-state index in [1.165, 1.54) is 7.11 Å². The predicted octanol–water partition coefficient (Wildman–Crippen LogP) is 4.74. The van der Waals surface area contributed by atoms with E-state index in [1.807, 2.05) is 37.3 Å². The van der Waals surface area contributed by atoms with Gasteiger partial charge in [-0.25, -0.2) is 18.6 Å². The number of anilines is 1. The second-order valence-corrected chi connectivity index (χ2v) is 9.24. The van der Waals surface area contributed by atoms with Crippen molar-refractivity contribution < 1.29 is 27.9 Å². The van der Waals surface area contributed by atoms with Crippen molar-refractivity contribution in [1.29, 1.82) is 0 Å². The van der Waals surface area contributed by atoms with E-state index in [-0.39, 0.29) is 19.1 Å². The van der Waals surface area contributed by atoms with Crippen LogP contribution >= 0.6 is 11.6 Å². The Morgan fingerprint density at radius 3 is 2.46 bits per heavy atom. The molecule has 1 saturated heterocycles. The third-order valence-electron chi connectivity index (χ3n) is 5.74. The van der Waals surface area contributed by atoms with Crippen LogP contribution in [0, 0.1) is 6.92 Å². The normalized spacial score (nSPS) is 14.2. The molecule has 3 aromatic rings. The number of methoxy groups -OCH3 is 1. The number of carbonyl (C=O) groups is 3. The van der Waals surface area contributed by atoms with E-state index < -0.39 is 31.1 Å². The summed E-state index contributed by atoms with van der Waals surface area (Å²) in [5.74, 6) is -2.58. The van der Waals surface area contributed by atoms with Crippen LogP contribution < -0.4 is 16.0 Å². The van der Waals surface area contributed by atoms with Crippen LogP contribution in [0.2, 0.25) is 5.02 Å². The zero-order valence-corrected chi connectivity index (χ0v) is 23.8. The molecule has 41 heavy (non-hydrogen) atoms. The molecule has 220 valence electrons. The van der Waals surface area contributed by atoms with Gasteiger partial charge in [-0.15, -0.1) is 0 Å². The molecule has 0 aliphatic carbocycles. The number of nitrogens with zero attached hydrogens (tertiary/aromatic N) is 2. The van der Waals surface area contributed by atoms with Gasteiger partial charge in [0.25, 0.3) is 11.8 Å². The molecule has 0 saturated carbocycles. The van der Waals surface area contributed by atoms with Crippen molar-refractivity contribution in [1.82, 2.24) is 20.5 Å². The van der Waals surface area contributed by atoms with Gasteiger partial charge < -0.3 is 30.4 Å². The molecular weight excluding hydrogens is 556 g/mol. The summed E-state index contributed by atoms with van der Waals surface area (Å²) in [6, 6.07) is 18.8. The fourth-order valence-electron chi connectivity index (χ4n) is 3.63. The van der Waals surface area contributed by atoms with E-state index in [9.17, 15) is 23.2 Å². The molecule has 12 heteroatoms. The number of pyridine rings is 1. The molecule has 0 bridgehead atoms. The number of ether oxygens (including phenoxy) is 1. The van der Waals surface area contributed by atoms with Crippen molar-refractivity contribution in [3.8, 4) is 0 Å². The lowest BCUT2D eigenvalue weighted by Crippen LogP contribution is -2.58. The highest BCUT2D eigenvalue weighted by Crippen LogP contribution is 2.28. The van der Waals surface area contributed by atoms with Crippen molar-refractivity contribution >= 4 is 35.6 Å². The predicted molar refractivity (Wildman–Crippen MR) is 154 cm³/mol. The second kappa shape index (κ2) is 16.9. The van der Waals surface area contributed by atoms with Crippen LogP contribution in [0.5, 0.6) is 0 Å². The number of urea groups is 1. The Balaban J connectivity index is 0.000000246. The summed E-state index contributed by atoms with van der Waals surface area (Å²) in [7, 11) is 3.17. The molecule has 4 rings (SSSR count). The number of aromatic nitrogens is 1. The summed E-state index contributed by atoms with van der Waals surface area (Å²) < 4.78 is 32.2. The van der Waals surface area contributed by atoms with E-state index in [2.05, 4.69) is 20.9 Å². The van der Waals surface area contributed by atoms with Gasteiger partial charge >= 0.3 is 6.03 Å². The maximum absolute atomic E-state index is 13.6. The zero-order chi connectivity index (χ0) is 30.3. The lowest BCUT2D eigenvalue weighted by molar-refractivity contribution is -0.107. The Labute approximate surface area is 243 Å². The first-order valence-electron chi connectivity index (χ1n) is 12.6. The fourth-order valence-corrected chi connectivity index (χ4v) is 3.76. The summed E-state index contributed by atoms with van der Waals surface area (Å²) in [4.78, 5) is 38.2. The van der Waals surface area contributed by atoms with E-state index in [4.69, 9.17) is 16.3 Å². The van der Waals surface area contributed by atoms with Gasteiger partial charge in [0, 0.05) is 30.9 Å². The van der Waals surface area contributed by atoms with Crippen molar-refractivity contribution in [3.05, 3.63) is 94.6 Å². The van der Waals surface area contributed by atoms with Gasteiger partial charge in [-0.3, -0.25) is 4.79 Å². The number of alkyl halides is 2. The van der Waals surface area contributed by atoms with Crippen molar-refractivity contribution in [2.75, 3.05) is 45.7 Å². The number of halogens is 3. The minimum absolute atomic E-state index is 0.0632. The minimum atomic E-state index is -2.96. The topological polar surface area (TPSA) is 113 Å². The fraction of sp³-hybridized carbons (Fsp3) is 0.310. The Morgan fingerprint density at radius 2 is 1.88 bits per heavy atom. The molecule has 2 aromatic carbocycles. The number of hydrogen-bond donors (Lipinski definition) is 3. The number of benzene rings is 2. The van der Waals surface area contributed by atoms with Crippen LogP contribution in [0.15, 0.2) is 72.9 Å². The molecule has 3 amide bonds. The summed E-state index contributed by atoms with van der Waals surface area (Å²) >= 11 is 5.71. The van der Waals surface area contributed by atoms with Gasteiger partial charge in [0.1, 0.15) is 12.1 Å². The Bertz CT molecular complexity index is 1250. The number of aryl methyl sites for hydroxylation is 1. The van der Waals surface area contributed by atoms with Gasteiger partial charge in [0.05, 0.1) is 32.3 Å². The van der Waals surface area contributed by atoms with Gasteiger partial charge in [-0.2, -0.15) is 0 Å². The molecule has 1 aliphatic rings. The van der Waals surface area contributed by atoms with Crippen LogP contribution in [0.3, 0.4) is 0 Å². The molecule has 1 atom stereocenters. The van der Waals surface area contributed by atoms with E-state index in [1.54, 1.807) is 49.6 Å². The number of amides is 3. The lowest BCUT2D eigenvalue weighted by Gasteiger charge is -2.38. The lowest BCUT2D eigenvalue weighted by atomic mass is 10.1. The number of nitrogens with one attached hydrogen (secondary N) is 3. The van der Waals surface area contributed by atoms with Gasteiger partial charge in [0.15, 0.2) is 0 Å². The Hall–Kier alpha value is -4.09. The number of hydrogen-bond acceptors (Lipinski definition) is 6. The van der Waals surface area contributed by atoms with Crippen LogP contribution in [-0.2, 0) is 9.53 Å². The summed E-state index contributed by atoms with van der Waals surface area (Å²) in [6.07, 6.45) is 2.21. The molecular formula is C29H34ClF2N5O4. The third-order valence-corrected chi connectivity index (χ3v) is 6.17. The first-order valence-corrected chi connectivity index (χ1v) is 13.0. The quantitative estimate of drug-likeness (QED) is 0.327. The zero-order valence-electron chi connectivity index (χ0n) is 23.1. The maximum Gasteiger partial charge on any atom is 0.318 e. The molecule has 1 aliphatic heterocycles. The molecule has 2 heterocycles. The summed E-state index contributed by atoms with van der Waals surface area (Å²) in [6.45, 7) is 0.900. The van der Waals surface area contributed by atoms with Crippen LogP contribution in [0.25, 0.3) is 0 Å². The molecule has 1 fully saturated rings. The van der Waals surface area contributed by atoms with Gasteiger partial charge in [-0.1, -0.05) is 48.0 Å². The first-order chi connectivity index (χ1) is 19.6. The molecule has 9 nitrogen and oxygen atoms in total. The van der Waals surface area contributed by atoms with Crippen LogP contribution in [0.1, 0.15) is 27.5 Å². The molecule has 1 aromatic heterocycles. The van der Waals surface area contributed by atoms with Crippen LogP contribution in [0.4, 0.5) is 19.4 Å². The average Bonchev–Trinajstić information content (AvgIpc) is 2.98. The number of aldehydes is 1. The third kappa shape index (κ3) is 11.1. The highest BCUT2D eigenvalue weighted by molar-refractivity contribution is 6.31. The standard InChI is InChI=1S/C13H18F2N4O2.C9H9NO2.C7H7Cl/c1-16-11-5-9(3-4-17-11)10(6-21-2)19-8-13(14,15)7-18-12(19)20;11-7-6-10-9(12)8-4-2-1-3-5-8;1-6-4-2-3-5-7(6)8/h3-5,10H,6-8H2,1-2H3,(H,16,17)(H,18,20);1-5,7H,6H2,(H,10,12);2-5H,1H3. The van der Waals surface area contributed by atoms with Gasteiger partial charge in [0.2, 0.25) is 0 Å². The molecule has 3 N–H and O–H groups in total. The number of carbonyl (C=O) groups excluding carboxylic acids is 3. The highest BCUT2D eigenvalue weighted by atomic mass is 35.5. The molecule has 0 radical (unpaired) electrons.